The van der Waals surface area contributed by atoms with Crippen LogP contribution in [-0.2, 0) is 11.2 Å². The lowest BCUT2D eigenvalue weighted by atomic mass is 10.0. The highest BCUT2D eigenvalue weighted by molar-refractivity contribution is 6.36. The monoisotopic (exact) mass is 497 g/mol. The maximum Gasteiger partial charge on any atom is 0.245 e. The zero-order chi connectivity index (χ0) is 24.1. The molecule has 3 aromatic rings. The van der Waals surface area contributed by atoms with Gasteiger partial charge < -0.3 is 21.3 Å². The van der Waals surface area contributed by atoms with E-state index in [4.69, 9.17) is 34.7 Å². The lowest BCUT2D eigenvalue weighted by Gasteiger charge is -2.42. The summed E-state index contributed by atoms with van der Waals surface area (Å²) in [4.78, 5) is 21.7. The minimum atomic E-state index is -0.335. The minimum absolute atomic E-state index is 0.0598. The predicted molar refractivity (Wildman–Crippen MR) is 142 cm³/mol. The van der Waals surface area contributed by atoms with Crippen LogP contribution in [0.25, 0.3) is 10.8 Å². The molecule has 0 radical (unpaired) electrons. The molecule has 3 aromatic carbocycles. The fourth-order valence-corrected chi connectivity index (χ4v) is 5.01. The first-order valence-corrected chi connectivity index (χ1v) is 12.2. The maximum atomic E-state index is 13.6. The third kappa shape index (κ3) is 5.75. The lowest BCUT2D eigenvalue weighted by Crippen LogP contribution is -2.57. The van der Waals surface area contributed by atoms with Gasteiger partial charge in [0.2, 0.25) is 5.91 Å². The quantitative estimate of drug-likeness (QED) is 0.273. The molecule has 6 nitrogen and oxygen atoms in total. The summed E-state index contributed by atoms with van der Waals surface area (Å²) >= 11 is 12.6. The number of anilines is 1. The van der Waals surface area contributed by atoms with Crippen LogP contribution in [0.4, 0.5) is 5.69 Å². The Kier molecular flexibility index (Phi) is 7.80. The molecule has 1 atom stereocenters. The molecule has 0 aliphatic carbocycles. The summed E-state index contributed by atoms with van der Waals surface area (Å²) in [6.45, 7) is 2.47. The van der Waals surface area contributed by atoms with Crippen molar-refractivity contribution in [1.29, 1.82) is 0 Å². The van der Waals surface area contributed by atoms with Gasteiger partial charge in [-0.1, -0.05) is 65.7 Å². The summed E-state index contributed by atoms with van der Waals surface area (Å²) < 4.78 is 0. The van der Waals surface area contributed by atoms with Crippen molar-refractivity contribution in [2.75, 3.05) is 31.1 Å². The Balaban J connectivity index is 1.48. The molecule has 1 fully saturated rings. The van der Waals surface area contributed by atoms with Gasteiger partial charge in [-0.3, -0.25) is 9.79 Å². The van der Waals surface area contributed by atoms with Crippen molar-refractivity contribution >= 4 is 51.5 Å². The largest absolute Gasteiger partial charge is 0.370 e. The third-order valence-corrected chi connectivity index (χ3v) is 6.76. The van der Waals surface area contributed by atoms with E-state index in [1.807, 2.05) is 23.1 Å². The summed E-state index contributed by atoms with van der Waals surface area (Å²) in [6.07, 6.45) is 2.12. The number of halogens is 2. The molecule has 1 saturated heterocycles. The SMILES string of the molecule is NC(N)=NCCC[C@H]1C(=O)N(CCc2ccc3ccccc3c2)CCN1c1ccc(Cl)cc1Cl. The van der Waals surface area contributed by atoms with E-state index in [1.54, 1.807) is 12.1 Å². The fourth-order valence-electron chi connectivity index (χ4n) is 4.49. The number of piperazine rings is 1. The first-order chi connectivity index (χ1) is 16.4. The average Bonchev–Trinajstić information content (AvgIpc) is 2.82. The average molecular weight is 498 g/mol. The van der Waals surface area contributed by atoms with Gasteiger partial charge in [-0.15, -0.1) is 0 Å². The van der Waals surface area contributed by atoms with Crippen LogP contribution in [0.3, 0.4) is 0 Å². The second-order valence-corrected chi connectivity index (χ2v) is 9.35. The van der Waals surface area contributed by atoms with Crippen molar-refractivity contribution in [3.63, 3.8) is 0 Å². The van der Waals surface area contributed by atoms with Crippen LogP contribution in [0.5, 0.6) is 0 Å². The number of rotatable bonds is 8. The highest BCUT2D eigenvalue weighted by atomic mass is 35.5. The molecule has 0 unspecified atom stereocenters. The number of guanidine groups is 1. The van der Waals surface area contributed by atoms with Crippen molar-refractivity contribution in [2.24, 2.45) is 16.5 Å². The van der Waals surface area contributed by atoms with Gasteiger partial charge >= 0.3 is 0 Å². The zero-order valence-corrected chi connectivity index (χ0v) is 20.5. The highest BCUT2D eigenvalue weighted by Gasteiger charge is 2.35. The topological polar surface area (TPSA) is 87.9 Å². The van der Waals surface area contributed by atoms with Crippen LogP contribution in [0.15, 0.2) is 65.7 Å². The van der Waals surface area contributed by atoms with Crippen molar-refractivity contribution in [2.45, 2.75) is 25.3 Å². The Labute approximate surface area is 210 Å². The van der Waals surface area contributed by atoms with Crippen LogP contribution >= 0.6 is 23.2 Å². The molecule has 1 heterocycles. The molecule has 4 N–H and O–H groups in total. The number of aliphatic imine (C=N–C) groups is 1. The van der Waals surface area contributed by atoms with E-state index in [0.29, 0.717) is 49.1 Å². The Morgan fingerprint density at radius 3 is 2.56 bits per heavy atom. The van der Waals surface area contributed by atoms with Crippen LogP contribution < -0.4 is 16.4 Å². The number of hydrogen-bond donors (Lipinski definition) is 2. The fraction of sp³-hybridized carbons (Fsp3) is 0.308. The lowest BCUT2D eigenvalue weighted by molar-refractivity contribution is -0.134. The summed E-state index contributed by atoms with van der Waals surface area (Å²) in [7, 11) is 0. The molecular weight excluding hydrogens is 469 g/mol. The molecule has 0 spiro atoms. The van der Waals surface area contributed by atoms with Crippen LogP contribution in [-0.4, -0.2) is 49.0 Å². The van der Waals surface area contributed by atoms with Crippen molar-refractivity contribution in [3.05, 3.63) is 76.3 Å². The Morgan fingerprint density at radius 2 is 1.79 bits per heavy atom. The molecule has 1 aliphatic rings. The number of carbonyl (C=O) groups excluding carboxylic acids is 1. The van der Waals surface area contributed by atoms with E-state index < -0.39 is 0 Å². The molecule has 1 aliphatic heterocycles. The van der Waals surface area contributed by atoms with E-state index in [0.717, 1.165) is 12.1 Å². The van der Waals surface area contributed by atoms with Crippen LogP contribution in [0.1, 0.15) is 18.4 Å². The van der Waals surface area contributed by atoms with Crippen LogP contribution in [0, 0.1) is 0 Å². The van der Waals surface area contributed by atoms with Gasteiger partial charge in [0, 0.05) is 31.2 Å². The Bertz CT molecular complexity index is 1190. The minimum Gasteiger partial charge on any atom is -0.370 e. The Morgan fingerprint density at radius 1 is 1.00 bits per heavy atom. The molecule has 0 bridgehead atoms. The molecule has 178 valence electrons. The summed E-state index contributed by atoms with van der Waals surface area (Å²) in [5, 5.41) is 3.54. The first-order valence-electron chi connectivity index (χ1n) is 11.5. The van der Waals surface area contributed by atoms with E-state index >= 15 is 0 Å². The zero-order valence-electron chi connectivity index (χ0n) is 19.0. The molecule has 4 rings (SSSR count). The van der Waals surface area contributed by atoms with E-state index in [9.17, 15) is 4.79 Å². The summed E-state index contributed by atoms with van der Waals surface area (Å²) in [5.41, 5.74) is 13.0. The number of nitrogens with zero attached hydrogens (tertiary/aromatic N) is 3. The number of hydrogen-bond acceptors (Lipinski definition) is 3. The smallest absolute Gasteiger partial charge is 0.245 e. The standard InChI is InChI=1S/C26H29Cl2N5O/c27-21-9-10-23(22(28)17-21)33-15-14-32(25(34)24(33)6-3-12-31-26(29)30)13-11-18-7-8-19-4-1-2-5-20(19)16-18/h1-2,4-5,7-10,16-17,24H,3,6,11-15H2,(H4,29,30,31)/t24-/m0/s1. The van der Waals surface area contributed by atoms with E-state index in [1.165, 1.54) is 16.3 Å². The summed E-state index contributed by atoms with van der Waals surface area (Å²) in [6, 6.07) is 19.9. The number of carbonyl (C=O) groups is 1. The number of fused-ring (bicyclic) bond motifs is 1. The summed E-state index contributed by atoms with van der Waals surface area (Å²) in [5.74, 6) is 0.160. The van der Waals surface area contributed by atoms with Crippen molar-refractivity contribution in [1.82, 2.24) is 4.90 Å². The highest BCUT2D eigenvalue weighted by Crippen LogP contribution is 2.33. The van der Waals surface area contributed by atoms with E-state index in [-0.39, 0.29) is 17.9 Å². The second kappa shape index (κ2) is 11.0. The van der Waals surface area contributed by atoms with Gasteiger partial charge in [-0.05, 0) is 53.8 Å². The molecule has 0 saturated carbocycles. The van der Waals surface area contributed by atoms with Gasteiger partial charge in [0.25, 0.3) is 0 Å². The van der Waals surface area contributed by atoms with Gasteiger partial charge in [-0.25, -0.2) is 0 Å². The molecule has 1 amide bonds. The molecule has 0 aromatic heterocycles. The third-order valence-electron chi connectivity index (χ3n) is 6.22. The van der Waals surface area contributed by atoms with Crippen molar-refractivity contribution in [3.8, 4) is 0 Å². The predicted octanol–water partition coefficient (Wildman–Crippen LogP) is 4.46. The number of amides is 1. The first kappa shape index (κ1) is 24.2. The van der Waals surface area contributed by atoms with Gasteiger partial charge in [0.1, 0.15) is 6.04 Å². The van der Waals surface area contributed by atoms with Gasteiger partial charge in [0.05, 0.1) is 10.7 Å². The maximum absolute atomic E-state index is 13.6. The van der Waals surface area contributed by atoms with Gasteiger partial charge in [-0.2, -0.15) is 0 Å². The van der Waals surface area contributed by atoms with Gasteiger partial charge in [0.15, 0.2) is 5.96 Å². The number of benzene rings is 3. The molecule has 8 heteroatoms. The van der Waals surface area contributed by atoms with E-state index in [2.05, 4.69) is 40.2 Å². The molecular formula is C26H29Cl2N5O. The van der Waals surface area contributed by atoms with Crippen molar-refractivity contribution < 1.29 is 4.79 Å². The Hall–Kier alpha value is -2.96. The normalized spacial score (nSPS) is 16.2. The van der Waals surface area contributed by atoms with Crippen LogP contribution in [0.2, 0.25) is 10.0 Å². The number of nitrogens with two attached hydrogens (primary N) is 2. The molecule has 34 heavy (non-hydrogen) atoms. The second-order valence-electron chi connectivity index (χ2n) is 8.51.